The summed E-state index contributed by atoms with van der Waals surface area (Å²) in [6.45, 7) is 3.17. The van der Waals surface area contributed by atoms with Crippen molar-refractivity contribution in [2.75, 3.05) is 11.9 Å². The Bertz CT molecular complexity index is 1070. The maximum absolute atomic E-state index is 12.4. The minimum atomic E-state index is -0.578. The second kappa shape index (κ2) is 8.66. The van der Waals surface area contributed by atoms with Crippen LogP contribution in [0.2, 0.25) is 0 Å². The SMILES string of the molecule is Cc1ccc(-c2ccsc2C(=O)OCC(=O)Nc2ccc([N+](=O)[O-])cc2C)cc1. The third kappa shape index (κ3) is 4.85. The number of nitrogens with zero attached hydrogens (tertiary/aromatic N) is 1. The lowest BCUT2D eigenvalue weighted by Gasteiger charge is -2.09. The number of nitrogens with one attached hydrogen (secondary N) is 1. The predicted octanol–water partition coefficient (Wildman–Crippen LogP) is 4.74. The quantitative estimate of drug-likeness (QED) is 0.360. The Balaban J connectivity index is 1.63. The highest BCUT2D eigenvalue weighted by Gasteiger charge is 2.18. The van der Waals surface area contributed by atoms with Gasteiger partial charge in [-0.15, -0.1) is 11.3 Å². The van der Waals surface area contributed by atoms with E-state index >= 15 is 0 Å². The van der Waals surface area contributed by atoms with Crippen LogP contribution in [0, 0.1) is 24.0 Å². The number of anilines is 1. The molecule has 1 heterocycles. The van der Waals surface area contributed by atoms with Crippen LogP contribution >= 0.6 is 11.3 Å². The summed E-state index contributed by atoms with van der Waals surface area (Å²) in [4.78, 5) is 35.3. The monoisotopic (exact) mass is 410 g/mol. The molecule has 0 aliphatic carbocycles. The van der Waals surface area contributed by atoms with Gasteiger partial charge in [0.05, 0.1) is 4.92 Å². The van der Waals surface area contributed by atoms with Gasteiger partial charge in [0.15, 0.2) is 6.61 Å². The maximum atomic E-state index is 12.4. The minimum absolute atomic E-state index is 0.0618. The van der Waals surface area contributed by atoms with Crippen molar-refractivity contribution in [3.63, 3.8) is 0 Å². The van der Waals surface area contributed by atoms with Crippen LogP contribution in [0.3, 0.4) is 0 Å². The van der Waals surface area contributed by atoms with Crippen LogP contribution in [0.25, 0.3) is 11.1 Å². The van der Waals surface area contributed by atoms with Crippen LogP contribution < -0.4 is 5.32 Å². The summed E-state index contributed by atoms with van der Waals surface area (Å²) in [5, 5.41) is 15.2. The lowest BCUT2D eigenvalue weighted by molar-refractivity contribution is -0.384. The molecule has 3 aromatic rings. The normalized spacial score (nSPS) is 10.4. The van der Waals surface area contributed by atoms with Crippen molar-refractivity contribution >= 4 is 34.6 Å². The zero-order valence-electron chi connectivity index (χ0n) is 15.8. The average Bonchev–Trinajstić information content (AvgIpc) is 3.18. The summed E-state index contributed by atoms with van der Waals surface area (Å²) in [5.41, 5.74) is 3.67. The van der Waals surface area contributed by atoms with Crippen molar-refractivity contribution in [3.05, 3.63) is 80.0 Å². The molecule has 1 amide bonds. The summed E-state index contributed by atoms with van der Waals surface area (Å²) in [7, 11) is 0. The first-order valence-corrected chi connectivity index (χ1v) is 9.59. The predicted molar refractivity (Wildman–Crippen MR) is 111 cm³/mol. The van der Waals surface area contributed by atoms with Gasteiger partial charge in [-0.2, -0.15) is 0 Å². The maximum Gasteiger partial charge on any atom is 0.349 e. The molecule has 2 aromatic carbocycles. The zero-order chi connectivity index (χ0) is 21.0. The molecule has 148 valence electrons. The summed E-state index contributed by atoms with van der Waals surface area (Å²) < 4.78 is 5.16. The molecule has 7 nitrogen and oxygen atoms in total. The van der Waals surface area contributed by atoms with Crippen LogP contribution in [0.4, 0.5) is 11.4 Å². The largest absolute Gasteiger partial charge is 0.451 e. The first kappa shape index (κ1) is 20.2. The van der Waals surface area contributed by atoms with E-state index < -0.39 is 23.4 Å². The highest BCUT2D eigenvalue weighted by Crippen LogP contribution is 2.29. The number of nitro groups is 1. The van der Waals surface area contributed by atoms with Gasteiger partial charge in [0.25, 0.3) is 11.6 Å². The summed E-state index contributed by atoms with van der Waals surface area (Å²) in [5.74, 6) is -1.10. The Labute approximate surface area is 171 Å². The van der Waals surface area contributed by atoms with E-state index in [0.717, 1.165) is 16.7 Å². The molecule has 0 fully saturated rings. The number of amides is 1. The van der Waals surface area contributed by atoms with Crippen molar-refractivity contribution in [1.82, 2.24) is 0 Å². The van der Waals surface area contributed by atoms with Crippen molar-refractivity contribution in [1.29, 1.82) is 0 Å². The molecular weight excluding hydrogens is 392 g/mol. The van der Waals surface area contributed by atoms with E-state index in [-0.39, 0.29) is 5.69 Å². The second-order valence-corrected chi connectivity index (χ2v) is 7.33. The smallest absolute Gasteiger partial charge is 0.349 e. The van der Waals surface area contributed by atoms with Crippen molar-refractivity contribution in [2.45, 2.75) is 13.8 Å². The van der Waals surface area contributed by atoms with E-state index in [1.807, 2.05) is 37.3 Å². The van der Waals surface area contributed by atoms with Gasteiger partial charge in [0, 0.05) is 23.4 Å². The van der Waals surface area contributed by atoms with E-state index in [1.165, 1.54) is 29.5 Å². The topological polar surface area (TPSA) is 98.5 Å². The molecule has 29 heavy (non-hydrogen) atoms. The fourth-order valence-corrected chi connectivity index (χ4v) is 3.52. The minimum Gasteiger partial charge on any atom is -0.451 e. The van der Waals surface area contributed by atoms with Crippen molar-refractivity contribution in [2.24, 2.45) is 0 Å². The van der Waals surface area contributed by atoms with Crippen LogP contribution in [-0.2, 0) is 9.53 Å². The molecule has 8 heteroatoms. The summed E-state index contributed by atoms with van der Waals surface area (Å²) in [6.07, 6.45) is 0. The number of benzene rings is 2. The van der Waals surface area contributed by atoms with Gasteiger partial charge >= 0.3 is 5.97 Å². The Morgan fingerprint density at radius 1 is 1.10 bits per heavy atom. The molecule has 3 rings (SSSR count). The van der Waals surface area contributed by atoms with E-state index in [9.17, 15) is 19.7 Å². The lowest BCUT2D eigenvalue weighted by atomic mass is 10.1. The molecule has 1 N–H and O–H groups in total. The molecule has 0 radical (unpaired) electrons. The van der Waals surface area contributed by atoms with Crippen LogP contribution in [0.5, 0.6) is 0 Å². The van der Waals surface area contributed by atoms with Gasteiger partial charge in [-0.25, -0.2) is 4.79 Å². The number of hydrogen-bond donors (Lipinski definition) is 1. The molecule has 0 aliphatic rings. The number of nitro benzene ring substituents is 1. The number of carbonyl (C=O) groups excluding carboxylic acids is 2. The highest BCUT2D eigenvalue weighted by atomic mass is 32.1. The van der Waals surface area contributed by atoms with E-state index in [4.69, 9.17) is 4.74 Å². The molecule has 0 bridgehead atoms. The van der Waals surface area contributed by atoms with Gasteiger partial charge in [0.1, 0.15) is 4.88 Å². The fraction of sp³-hybridized carbons (Fsp3) is 0.143. The Morgan fingerprint density at radius 2 is 1.83 bits per heavy atom. The average molecular weight is 410 g/mol. The van der Waals surface area contributed by atoms with Crippen molar-refractivity contribution < 1.29 is 19.2 Å². The van der Waals surface area contributed by atoms with Crippen LogP contribution in [-0.4, -0.2) is 23.4 Å². The molecule has 0 saturated heterocycles. The number of aryl methyl sites for hydroxylation is 2. The van der Waals surface area contributed by atoms with Gasteiger partial charge in [-0.1, -0.05) is 29.8 Å². The first-order chi connectivity index (χ1) is 13.8. The molecular formula is C21H18N2O5S. The number of thiophene rings is 1. The fourth-order valence-electron chi connectivity index (χ4n) is 2.71. The Hall–Kier alpha value is -3.52. The van der Waals surface area contributed by atoms with Gasteiger partial charge in [0.2, 0.25) is 0 Å². The van der Waals surface area contributed by atoms with E-state index in [1.54, 1.807) is 12.3 Å². The molecule has 0 saturated carbocycles. The summed E-state index contributed by atoms with van der Waals surface area (Å²) >= 11 is 1.25. The summed E-state index contributed by atoms with van der Waals surface area (Å²) in [6, 6.07) is 13.7. The number of rotatable bonds is 6. The number of carbonyl (C=O) groups is 2. The number of hydrogen-bond acceptors (Lipinski definition) is 6. The standard InChI is InChI=1S/C21H18N2O5S/c1-13-3-5-15(6-4-13)17-9-10-29-20(17)21(25)28-12-19(24)22-18-8-7-16(23(26)27)11-14(18)2/h3-11H,12H2,1-2H3,(H,22,24). The molecule has 0 atom stereocenters. The van der Waals surface area contributed by atoms with Gasteiger partial charge in [-0.3, -0.25) is 14.9 Å². The Morgan fingerprint density at radius 3 is 2.48 bits per heavy atom. The third-order valence-electron chi connectivity index (χ3n) is 4.24. The number of esters is 1. The molecule has 1 aromatic heterocycles. The van der Waals surface area contributed by atoms with Crippen molar-refractivity contribution in [3.8, 4) is 11.1 Å². The third-order valence-corrected chi connectivity index (χ3v) is 5.14. The number of ether oxygens (including phenoxy) is 1. The Kier molecular flexibility index (Phi) is 6.04. The van der Waals surface area contributed by atoms with E-state index in [0.29, 0.717) is 16.1 Å². The van der Waals surface area contributed by atoms with Gasteiger partial charge in [-0.05, 0) is 42.5 Å². The first-order valence-electron chi connectivity index (χ1n) is 8.71. The second-order valence-electron chi connectivity index (χ2n) is 6.41. The molecule has 0 unspecified atom stereocenters. The lowest BCUT2D eigenvalue weighted by Crippen LogP contribution is -2.21. The molecule has 0 spiro atoms. The van der Waals surface area contributed by atoms with E-state index in [2.05, 4.69) is 5.32 Å². The molecule has 0 aliphatic heterocycles. The number of non-ortho nitro benzene ring substituents is 1. The zero-order valence-corrected chi connectivity index (χ0v) is 16.6. The highest BCUT2D eigenvalue weighted by molar-refractivity contribution is 7.12. The van der Waals surface area contributed by atoms with Gasteiger partial charge < -0.3 is 10.1 Å². The van der Waals surface area contributed by atoms with Crippen LogP contribution in [0.1, 0.15) is 20.8 Å². The van der Waals surface area contributed by atoms with Crippen LogP contribution in [0.15, 0.2) is 53.9 Å².